The maximum atomic E-state index is 10.2. The fourth-order valence-electron chi connectivity index (χ4n) is 2.78. The standard InChI is InChI=1S/C24H34N4O4/c1-27(2)11-5-13-31-21-9-7-19(23(29)15-21)17-25-26-18-20-8-10-22(16-24(20)30)32-14-6-12-28(3)4/h7-10,15-18,29-30H,5-6,11-14H2,1-4H3/b25-17+,26-18+. The molecule has 8 heteroatoms. The first-order chi connectivity index (χ1) is 15.3. The maximum absolute atomic E-state index is 10.2. The molecular formula is C24H34N4O4. The van der Waals surface area contributed by atoms with Crippen LogP contribution >= 0.6 is 0 Å². The first-order valence-corrected chi connectivity index (χ1v) is 10.6. The zero-order valence-corrected chi connectivity index (χ0v) is 19.4. The van der Waals surface area contributed by atoms with Crippen LogP contribution in [-0.4, -0.2) is 86.9 Å². The molecule has 0 spiro atoms. The van der Waals surface area contributed by atoms with Crippen LogP contribution in [0.3, 0.4) is 0 Å². The van der Waals surface area contributed by atoms with E-state index in [1.807, 2.05) is 28.2 Å². The topological polar surface area (TPSA) is 90.1 Å². The van der Waals surface area contributed by atoms with Crippen LogP contribution in [-0.2, 0) is 0 Å². The number of phenols is 2. The number of ether oxygens (including phenoxy) is 2. The van der Waals surface area contributed by atoms with E-state index in [0.717, 1.165) is 25.9 Å². The molecule has 0 saturated heterocycles. The molecule has 0 aromatic heterocycles. The largest absolute Gasteiger partial charge is 0.507 e. The minimum Gasteiger partial charge on any atom is -0.507 e. The number of benzene rings is 2. The molecule has 0 fully saturated rings. The highest BCUT2D eigenvalue weighted by Gasteiger charge is 2.03. The van der Waals surface area contributed by atoms with Gasteiger partial charge in [-0.15, -0.1) is 0 Å². The van der Waals surface area contributed by atoms with E-state index in [1.54, 1.807) is 36.4 Å². The Balaban J connectivity index is 1.85. The molecule has 2 aromatic rings. The number of phenolic OH excluding ortho intramolecular Hbond substituents is 2. The molecule has 174 valence electrons. The van der Waals surface area contributed by atoms with Crippen LogP contribution < -0.4 is 9.47 Å². The third-order valence-corrected chi connectivity index (χ3v) is 4.50. The monoisotopic (exact) mass is 442 g/mol. The van der Waals surface area contributed by atoms with E-state index in [9.17, 15) is 10.2 Å². The van der Waals surface area contributed by atoms with Gasteiger partial charge >= 0.3 is 0 Å². The summed E-state index contributed by atoms with van der Waals surface area (Å²) in [6, 6.07) is 10.1. The van der Waals surface area contributed by atoms with Gasteiger partial charge in [0.15, 0.2) is 0 Å². The molecule has 2 N–H and O–H groups in total. The Labute approximate surface area is 190 Å². The fraction of sp³-hybridized carbons (Fsp3) is 0.417. The molecule has 2 rings (SSSR count). The van der Waals surface area contributed by atoms with Gasteiger partial charge in [0.2, 0.25) is 0 Å². The number of aromatic hydroxyl groups is 2. The van der Waals surface area contributed by atoms with Crippen molar-refractivity contribution in [3.63, 3.8) is 0 Å². The van der Waals surface area contributed by atoms with Gasteiger partial charge in [-0.3, -0.25) is 0 Å². The van der Waals surface area contributed by atoms with Crippen molar-refractivity contribution in [1.82, 2.24) is 9.80 Å². The van der Waals surface area contributed by atoms with Crippen LogP contribution in [0.4, 0.5) is 0 Å². The maximum Gasteiger partial charge on any atom is 0.128 e. The smallest absolute Gasteiger partial charge is 0.128 e. The highest BCUT2D eigenvalue weighted by atomic mass is 16.5. The van der Waals surface area contributed by atoms with E-state index in [0.29, 0.717) is 35.8 Å². The van der Waals surface area contributed by atoms with Crippen LogP contribution in [0, 0.1) is 0 Å². The summed E-state index contributed by atoms with van der Waals surface area (Å²) in [7, 11) is 8.06. The predicted molar refractivity (Wildman–Crippen MR) is 129 cm³/mol. The summed E-state index contributed by atoms with van der Waals surface area (Å²) in [6.07, 6.45) is 4.70. The third-order valence-electron chi connectivity index (χ3n) is 4.50. The normalized spacial score (nSPS) is 11.8. The molecule has 0 aliphatic carbocycles. The van der Waals surface area contributed by atoms with Crippen LogP contribution in [0.5, 0.6) is 23.0 Å². The molecular weight excluding hydrogens is 408 g/mol. The summed E-state index contributed by atoms with van der Waals surface area (Å²) in [5, 5.41) is 28.2. The van der Waals surface area contributed by atoms with Crippen molar-refractivity contribution in [2.24, 2.45) is 10.2 Å². The van der Waals surface area contributed by atoms with Crippen molar-refractivity contribution in [3.8, 4) is 23.0 Å². The molecule has 0 bridgehead atoms. The quantitative estimate of drug-likeness (QED) is 0.281. The Morgan fingerprint density at radius 3 is 1.47 bits per heavy atom. The van der Waals surface area contributed by atoms with Crippen molar-refractivity contribution in [2.45, 2.75) is 12.8 Å². The average molecular weight is 443 g/mol. The average Bonchev–Trinajstić information content (AvgIpc) is 2.74. The molecule has 0 aliphatic heterocycles. The Morgan fingerprint density at radius 1 is 0.719 bits per heavy atom. The second-order valence-corrected chi connectivity index (χ2v) is 7.94. The first-order valence-electron chi connectivity index (χ1n) is 10.6. The van der Waals surface area contributed by atoms with Gasteiger partial charge < -0.3 is 29.5 Å². The number of hydrogen-bond donors (Lipinski definition) is 2. The summed E-state index contributed by atoms with van der Waals surface area (Å²) in [5.41, 5.74) is 1.04. The van der Waals surface area contributed by atoms with Gasteiger partial charge in [0.1, 0.15) is 23.0 Å². The van der Waals surface area contributed by atoms with Crippen LogP contribution in [0.25, 0.3) is 0 Å². The van der Waals surface area contributed by atoms with E-state index in [2.05, 4.69) is 20.0 Å². The highest BCUT2D eigenvalue weighted by molar-refractivity contribution is 5.86. The lowest BCUT2D eigenvalue weighted by molar-refractivity contribution is 0.280. The van der Waals surface area contributed by atoms with Crippen LogP contribution in [0.15, 0.2) is 46.6 Å². The lowest BCUT2D eigenvalue weighted by Gasteiger charge is -2.11. The molecule has 0 radical (unpaired) electrons. The van der Waals surface area contributed by atoms with Crippen molar-refractivity contribution in [3.05, 3.63) is 47.5 Å². The molecule has 0 saturated carbocycles. The summed E-state index contributed by atoms with van der Waals surface area (Å²) < 4.78 is 11.3. The molecule has 8 nitrogen and oxygen atoms in total. The van der Waals surface area contributed by atoms with Crippen molar-refractivity contribution in [1.29, 1.82) is 0 Å². The van der Waals surface area contributed by atoms with E-state index in [1.165, 1.54) is 12.4 Å². The molecule has 0 unspecified atom stereocenters. The van der Waals surface area contributed by atoms with Gasteiger partial charge in [-0.25, -0.2) is 0 Å². The van der Waals surface area contributed by atoms with Gasteiger partial charge in [0.25, 0.3) is 0 Å². The summed E-state index contributed by atoms with van der Waals surface area (Å²) >= 11 is 0. The number of rotatable bonds is 13. The second kappa shape index (κ2) is 13.3. The molecule has 32 heavy (non-hydrogen) atoms. The van der Waals surface area contributed by atoms with Crippen molar-refractivity contribution in [2.75, 3.05) is 54.5 Å². The predicted octanol–water partition coefficient (Wildman–Crippen LogP) is 3.21. The molecule has 0 heterocycles. The van der Waals surface area contributed by atoms with Gasteiger partial charge in [-0.2, -0.15) is 10.2 Å². The minimum absolute atomic E-state index is 0.0627. The first kappa shape index (κ1) is 25.2. The van der Waals surface area contributed by atoms with Gasteiger partial charge in [-0.1, -0.05) is 0 Å². The Hall–Kier alpha value is -3.10. The Morgan fingerprint density at radius 2 is 1.12 bits per heavy atom. The number of hydrogen-bond acceptors (Lipinski definition) is 8. The zero-order chi connectivity index (χ0) is 23.3. The SMILES string of the molecule is CN(C)CCCOc1ccc(/C=N/N=C/c2ccc(OCCCN(C)C)cc2O)c(O)c1. The summed E-state index contributed by atoms with van der Waals surface area (Å²) in [5.74, 6) is 1.34. The van der Waals surface area contributed by atoms with E-state index in [4.69, 9.17) is 9.47 Å². The zero-order valence-electron chi connectivity index (χ0n) is 19.4. The molecule has 0 atom stereocenters. The molecule has 0 aliphatic rings. The van der Waals surface area contributed by atoms with E-state index < -0.39 is 0 Å². The summed E-state index contributed by atoms with van der Waals surface area (Å²) in [6.45, 7) is 3.05. The molecule has 0 amide bonds. The Kier molecular flexibility index (Phi) is 10.5. The third kappa shape index (κ3) is 9.36. The Bertz CT molecular complexity index is 824. The lowest BCUT2D eigenvalue weighted by atomic mass is 10.2. The van der Waals surface area contributed by atoms with Crippen molar-refractivity contribution >= 4 is 12.4 Å². The fourth-order valence-corrected chi connectivity index (χ4v) is 2.78. The van der Waals surface area contributed by atoms with E-state index in [-0.39, 0.29) is 11.5 Å². The molecule has 2 aromatic carbocycles. The second-order valence-electron chi connectivity index (χ2n) is 7.94. The van der Waals surface area contributed by atoms with Crippen LogP contribution in [0.2, 0.25) is 0 Å². The van der Waals surface area contributed by atoms with E-state index >= 15 is 0 Å². The minimum atomic E-state index is 0.0627. The van der Waals surface area contributed by atoms with Gasteiger partial charge in [0.05, 0.1) is 25.6 Å². The van der Waals surface area contributed by atoms with Crippen LogP contribution in [0.1, 0.15) is 24.0 Å². The highest BCUT2D eigenvalue weighted by Crippen LogP contribution is 2.23. The lowest BCUT2D eigenvalue weighted by Crippen LogP contribution is -2.15. The van der Waals surface area contributed by atoms with Crippen molar-refractivity contribution < 1.29 is 19.7 Å². The summed E-state index contributed by atoms with van der Waals surface area (Å²) in [4.78, 5) is 4.19. The van der Waals surface area contributed by atoms with Gasteiger partial charge in [-0.05, 0) is 65.3 Å². The van der Waals surface area contributed by atoms with Gasteiger partial charge in [0, 0.05) is 36.3 Å². The number of nitrogens with zero attached hydrogens (tertiary/aromatic N) is 4.